The van der Waals surface area contributed by atoms with E-state index in [1.165, 1.54) is 22.3 Å². The van der Waals surface area contributed by atoms with E-state index in [1.807, 2.05) is 0 Å². The summed E-state index contributed by atoms with van der Waals surface area (Å²) >= 11 is 0. The monoisotopic (exact) mass is 294 g/mol. The van der Waals surface area contributed by atoms with Gasteiger partial charge < -0.3 is 4.74 Å². The van der Waals surface area contributed by atoms with Crippen LogP contribution in [0.4, 0.5) is 0 Å². The van der Waals surface area contributed by atoms with Gasteiger partial charge in [-0.3, -0.25) is 0 Å². The number of rotatable bonds is 0. The summed E-state index contributed by atoms with van der Waals surface area (Å²) < 4.78 is 6.11. The smallest absolute Gasteiger partial charge is 0.130 e. The standard InChI is InChI=1S/C21H26O/c1-20(2,3)16-7-9-18-14(12-16)11-15-13-17(21(4,5)6)8-10-19(15)22-18/h7-10,12-13H,11H2,1-6H3. The summed E-state index contributed by atoms with van der Waals surface area (Å²) in [6.45, 7) is 13.5. The van der Waals surface area contributed by atoms with E-state index in [2.05, 4.69) is 77.9 Å². The van der Waals surface area contributed by atoms with E-state index in [0.717, 1.165) is 17.9 Å². The fourth-order valence-corrected chi connectivity index (χ4v) is 2.89. The summed E-state index contributed by atoms with van der Waals surface area (Å²) in [6.07, 6.45) is 0.957. The van der Waals surface area contributed by atoms with Gasteiger partial charge in [0.1, 0.15) is 11.5 Å². The molecule has 1 aliphatic rings. The molecule has 0 aliphatic carbocycles. The van der Waals surface area contributed by atoms with Crippen molar-refractivity contribution in [2.75, 3.05) is 0 Å². The minimum atomic E-state index is 0.169. The number of hydrogen-bond donors (Lipinski definition) is 0. The zero-order chi connectivity index (χ0) is 16.1. The molecule has 0 fully saturated rings. The van der Waals surface area contributed by atoms with Crippen LogP contribution >= 0.6 is 0 Å². The van der Waals surface area contributed by atoms with Crippen LogP contribution in [-0.4, -0.2) is 0 Å². The normalized spacial score (nSPS) is 14.1. The van der Waals surface area contributed by atoms with Crippen LogP contribution in [0.5, 0.6) is 11.5 Å². The van der Waals surface area contributed by atoms with Crippen molar-refractivity contribution in [2.45, 2.75) is 58.8 Å². The van der Waals surface area contributed by atoms with Gasteiger partial charge in [0.25, 0.3) is 0 Å². The molecule has 1 aliphatic heterocycles. The third-order valence-electron chi connectivity index (χ3n) is 4.45. The second kappa shape index (κ2) is 4.87. The Labute approximate surface area is 134 Å². The van der Waals surface area contributed by atoms with Crippen LogP contribution in [0.2, 0.25) is 0 Å². The average molecular weight is 294 g/mol. The predicted molar refractivity (Wildman–Crippen MR) is 93.2 cm³/mol. The van der Waals surface area contributed by atoms with Gasteiger partial charge in [0.05, 0.1) is 0 Å². The maximum absolute atomic E-state index is 6.11. The maximum atomic E-state index is 6.11. The van der Waals surface area contributed by atoms with Gasteiger partial charge in [-0.1, -0.05) is 65.8 Å². The van der Waals surface area contributed by atoms with Gasteiger partial charge >= 0.3 is 0 Å². The molecule has 0 amide bonds. The van der Waals surface area contributed by atoms with E-state index in [9.17, 15) is 0 Å². The zero-order valence-corrected chi connectivity index (χ0v) is 14.6. The molecule has 2 aromatic carbocycles. The summed E-state index contributed by atoms with van der Waals surface area (Å²) in [5.74, 6) is 2.01. The molecule has 3 rings (SSSR count). The van der Waals surface area contributed by atoms with Crippen molar-refractivity contribution >= 4 is 0 Å². The minimum absolute atomic E-state index is 0.169. The summed E-state index contributed by atoms with van der Waals surface area (Å²) in [6, 6.07) is 13.2. The molecule has 0 spiro atoms. The van der Waals surface area contributed by atoms with Gasteiger partial charge in [0.15, 0.2) is 0 Å². The molecule has 22 heavy (non-hydrogen) atoms. The fraction of sp³-hybridized carbons (Fsp3) is 0.429. The lowest BCUT2D eigenvalue weighted by Gasteiger charge is -2.26. The number of ether oxygens (including phenoxy) is 1. The van der Waals surface area contributed by atoms with Crippen molar-refractivity contribution in [1.29, 1.82) is 0 Å². The Morgan fingerprint density at radius 2 is 1.09 bits per heavy atom. The molecule has 116 valence electrons. The third-order valence-corrected chi connectivity index (χ3v) is 4.45. The largest absolute Gasteiger partial charge is 0.457 e. The van der Waals surface area contributed by atoms with Gasteiger partial charge in [0, 0.05) is 6.42 Å². The lowest BCUT2D eigenvalue weighted by molar-refractivity contribution is 0.457. The Morgan fingerprint density at radius 3 is 1.45 bits per heavy atom. The molecule has 0 radical (unpaired) electrons. The van der Waals surface area contributed by atoms with Crippen molar-refractivity contribution in [1.82, 2.24) is 0 Å². The SMILES string of the molecule is CC(C)(C)c1ccc2c(c1)Cc1cc(C(C)(C)C)ccc1O2. The first-order valence-corrected chi connectivity index (χ1v) is 8.09. The Kier molecular flexibility index (Phi) is 3.36. The Morgan fingerprint density at radius 1 is 0.682 bits per heavy atom. The highest BCUT2D eigenvalue weighted by atomic mass is 16.5. The third kappa shape index (κ3) is 2.77. The van der Waals surface area contributed by atoms with Crippen molar-refractivity contribution in [3.05, 3.63) is 58.7 Å². The lowest BCUT2D eigenvalue weighted by atomic mass is 9.83. The average Bonchev–Trinajstić information content (AvgIpc) is 2.41. The van der Waals surface area contributed by atoms with Crippen molar-refractivity contribution in [3.63, 3.8) is 0 Å². The van der Waals surface area contributed by atoms with Gasteiger partial charge in [-0.15, -0.1) is 0 Å². The van der Waals surface area contributed by atoms with Gasteiger partial charge in [-0.25, -0.2) is 0 Å². The molecule has 1 heteroatoms. The first-order valence-electron chi connectivity index (χ1n) is 8.09. The number of benzene rings is 2. The molecule has 2 aromatic rings. The summed E-state index contributed by atoms with van der Waals surface area (Å²) in [4.78, 5) is 0. The van der Waals surface area contributed by atoms with Gasteiger partial charge in [-0.2, -0.15) is 0 Å². The second-order valence-electron chi connectivity index (χ2n) is 8.42. The molecular weight excluding hydrogens is 268 g/mol. The Balaban J connectivity index is 2.00. The number of hydrogen-bond acceptors (Lipinski definition) is 1. The van der Waals surface area contributed by atoms with Crippen LogP contribution in [0.3, 0.4) is 0 Å². The minimum Gasteiger partial charge on any atom is -0.457 e. The second-order valence-corrected chi connectivity index (χ2v) is 8.42. The lowest BCUT2D eigenvalue weighted by Crippen LogP contribution is -2.14. The van der Waals surface area contributed by atoms with Gasteiger partial charge in [0.2, 0.25) is 0 Å². The Bertz CT molecular complexity index is 650. The number of fused-ring (bicyclic) bond motifs is 2. The predicted octanol–water partition coefficient (Wildman–Crippen LogP) is 5.98. The van der Waals surface area contributed by atoms with Crippen LogP contribution in [0.25, 0.3) is 0 Å². The Hall–Kier alpha value is -1.76. The molecule has 1 nitrogen and oxygen atoms in total. The topological polar surface area (TPSA) is 9.23 Å². The van der Waals surface area contributed by atoms with E-state index in [4.69, 9.17) is 4.74 Å². The molecule has 1 heterocycles. The molecular formula is C21H26O. The van der Waals surface area contributed by atoms with Crippen molar-refractivity contribution in [2.24, 2.45) is 0 Å². The molecule has 0 atom stereocenters. The quantitative estimate of drug-likeness (QED) is 0.495. The highest BCUT2D eigenvalue weighted by Gasteiger charge is 2.22. The highest BCUT2D eigenvalue weighted by molar-refractivity contribution is 5.53. The zero-order valence-electron chi connectivity index (χ0n) is 14.6. The first kappa shape index (κ1) is 15.1. The molecule has 0 saturated heterocycles. The van der Waals surface area contributed by atoms with E-state index in [1.54, 1.807) is 0 Å². The molecule has 0 bridgehead atoms. The molecule has 0 unspecified atom stereocenters. The molecule has 0 saturated carbocycles. The van der Waals surface area contributed by atoms with E-state index in [-0.39, 0.29) is 10.8 Å². The van der Waals surface area contributed by atoms with Crippen LogP contribution in [0.15, 0.2) is 36.4 Å². The van der Waals surface area contributed by atoms with Crippen LogP contribution in [0, 0.1) is 0 Å². The summed E-state index contributed by atoms with van der Waals surface area (Å²) in [5, 5.41) is 0. The van der Waals surface area contributed by atoms with E-state index in [0.29, 0.717) is 0 Å². The van der Waals surface area contributed by atoms with Crippen LogP contribution < -0.4 is 4.74 Å². The first-order chi connectivity index (χ1) is 10.1. The fourth-order valence-electron chi connectivity index (χ4n) is 2.89. The van der Waals surface area contributed by atoms with Crippen molar-refractivity contribution in [3.8, 4) is 11.5 Å². The highest BCUT2D eigenvalue weighted by Crippen LogP contribution is 2.40. The maximum Gasteiger partial charge on any atom is 0.130 e. The molecule has 0 N–H and O–H groups in total. The summed E-state index contributed by atoms with van der Waals surface area (Å²) in [5.41, 5.74) is 5.66. The molecule has 0 aromatic heterocycles. The van der Waals surface area contributed by atoms with Crippen LogP contribution in [-0.2, 0) is 17.3 Å². The van der Waals surface area contributed by atoms with E-state index >= 15 is 0 Å². The van der Waals surface area contributed by atoms with Gasteiger partial charge in [-0.05, 0) is 45.2 Å². The van der Waals surface area contributed by atoms with E-state index < -0.39 is 0 Å². The summed E-state index contributed by atoms with van der Waals surface area (Å²) in [7, 11) is 0. The van der Waals surface area contributed by atoms with Crippen LogP contribution in [0.1, 0.15) is 63.8 Å². The van der Waals surface area contributed by atoms with Crippen molar-refractivity contribution < 1.29 is 4.74 Å².